The third kappa shape index (κ3) is 3.71. The Hall–Kier alpha value is -2.12. The van der Waals surface area contributed by atoms with Gasteiger partial charge in [-0.05, 0) is 24.6 Å². The van der Waals surface area contributed by atoms with E-state index in [4.69, 9.17) is 22.1 Å². The summed E-state index contributed by atoms with van der Waals surface area (Å²) in [5.74, 6) is 1.11. The first-order valence-corrected chi connectivity index (χ1v) is 7.36. The Morgan fingerprint density at radius 1 is 1.33 bits per heavy atom. The molecule has 0 saturated carbocycles. The van der Waals surface area contributed by atoms with E-state index in [9.17, 15) is 5.26 Å². The van der Waals surface area contributed by atoms with E-state index in [-0.39, 0.29) is 0 Å². The predicted octanol–water partition coefficient (Wildman–Crippen LogP) is 4.58. The second-order valence-electron chi connectivity index (χ2n) is 4.82. The van der Waals surface area contributed by atoms with Gasteiger partial charge in [0.05, 0.1) is 5.69 Å². The maximum Gasteiger partial charge on any atom is 0.224 e. The number of halogens is 1. The summed E-state index contributed by atoms with van der Waals surface area (Å²) in [5.41, 5.74) is 6.95. The molecule has 0 unspecified atom stereocenters. The van der Waals surface area contributed by atoms with Gasteiger partial charge in [0.1, 0.15) is 17.5 Å². The second-order valence-corrected chi connectivity index (χ2v) is 5.26. The van der Waals surface area contributed by atoms with E-state index in [1.165, 1.54) is 0 Å². The lowest BCUT2D eigenvalue weighted by Crippen LogP contribution is -2.04. The van der Waals surface area contributed by atoms with Crippen LogP contribution in [0.25, 0.3) is 0 Å². The SMILES string of the molecule is CCCCCn1c(C#N)cc(N)c1Oc1cccc(Cl)c1. The highest BCUT2D eigenvalue weighted by atomic mass is 35.5. The van der Waals surface area contributed by atoms with Crippen molar-refractivity contribution in [3.63, 3.8) is 0 Å². The molecule has 0 aliphatic rings. The molecule has 2 aromatic rings. The van der Waals surface area contributed by atoms with Gasteiger partial charge in [0.15, 0.2) is 0 Å². The Bertz CT molecular complexity index is 658. The van der Waals surface area contributed by atoms with E-state index in [1.54, 1.807) is 24.3 Å². The molecule has 0 amide bonds. The highest BCUT2D eigenvalue weighted by molar-refractivity contribution is 6.30. The van der Waals surface area contributed by atoms with Crippen LogP contribution in [0, 0.1) is 11.3 Å². The van der Waals surface area contributed by atoms with Crippen LogP contribution in [0.2, 0.25) is 5.02 Å². The lowest BCUT2D eigenvalue weighted by atomic mass is 10.2. The predicted molar refractivity (Wildman–Crippen MR) is 84.6 cm³/mol. The zero-order chi connectivity index (χ0) is 15.2. The van der Waals surface area contributed by atoms with Crippen LogP contribution in [-0.4, -0.2) is 4.57 Å². The van der Waals surface area contributed by atoms with Crippen molar-refractivity contribution in [2.24, 2.45) is 0 Å². The summed E-state index contributed by atoms with van der Waals surface area (Å²) in [4.78, 5) is 0. The lowest BCUT2D eigenvalue weighted by molar-refractivity contribution is 0.423. The van der Waals surface area contributed by atoms with Crippen LogP contribution in [0.5, 0.6) is 11.6 Å². The van der Waals surface area contributed by atoms with Crippen molar-refractivity contribution in [3.8, 4) is 17.7 Å². The minimum Gasteiger partial charge on any atom is -0.439 e. The normalized spacial score (nSPS) is 10.3. The number of benzene rings is 1. The van der Waals surface area contributed by atoms with E-state index in [1.807, 2.05) is 10.6 Å². The van der Waals surface area contributed by atoms with E-state index in [0.717, 1.165) is 19.3 Å². The number of nitrogens with zero attached hydrogens (tertiary/aromatic N) is 2. The van der Waals surface area contributed by atoms with Gasteiger partial charge in [0.25, 0.3) is 0 Å². The van der Waals surface area contributed by atoms with Gasteiger partial charge in [-0.15, -0.1) is 0 Å². The van der Waals surface area contributed by atoms with Crippen molar-refractivity contribution in [3.05, 3.63) is 41.0 Å². The van der Waals surface area contributed by atoms with Crippen LogP contribution < -0.4 is 10.5 Å². The first-order chi connectivity index (χ1) is 10.2. The molecule has 0 spiro atoms. The number of unbranched alkanes of at least 4 members (excludes halogenated alkanes) is 2. The topological polar surface area (TPSA) is 64.0 Å². The van der Waals surface area contributed by atoms with Crippen LogP contribution in [0.15, 0.2) is 30.3 Å². The molecular formula is C16H18ClN3O. The molecule has 4 nitrogen and oxygen atoms in total. The van der Waals surface area contributed by atoms with Crippen molar-refractivity contribution >= 4 is 17.3 Å². The van der Waals surface area contributed by atoms with Gasteiger partial charge in [0, 0.05) is 17.6 Å². The van der Waals surface area contributed by atoms with Gasteiger partial charge >= 0.3 is 0 Å². The first kappa shape index (κ1) is 15.3. The summed E-state index contributed by atoms with van der Waals surface area (Å²) in [5, 5.41) is 9.81. The molecule has 5 heteroatoms. The van der Waals surface area contributed by atoms with Crippen molar-refractivity contribution in [1.29, 1.82) is 5.26 Å². The Morgan fingerprint density at radius 2 is 2.14 bits per heavy atom. The number of hydrogen-bond donors (Lipinski definition) is 1. The fourth-order valence-corrected chi connectivity index (χ4v) is 2.32. The average molecular weight is 304 g/mol. The molecule has 0 aliphatic carbocycles. The van der Waals surface area contributed by atoms with Crippen LogP contribution in [-0.2, 0) is 6.54 Å². The van der Waals surface area contributed by atoms with Gasteiger partial charge in [-0.1, -0.05) is 37.4 Å². The molecule has 0 fully saturated rings. The number of nitriles is 1. The van der Waals surface area contributed by atoms with Gasteiger partial charge in [0.2, 0.25) is 5.88 Å². The average Bonchev–Trinajstić information content (AvgIpc) is 2.76. The number of hydrogen-bond acceptors (Lipinski definition) is 3. The van der Waals surface area contributed by atoms with E-state index < -0.39 is 0 Å². The van der Waals surface area contributed by atoms with Crippen molar-refractivity contribution < 1.29 is 4.74 Å². The molecule has 0 aliphatic heterocycles. The summed E-state index contributed by atoms with van der Waals surface area (Å²) in [6.45, 7) is 2.85. The number of anilines is 1. The van der Waals surface area contributed by atoms with Crippen LogP contribution >= 0.6 is 11.6 Å². The van der Waals surface area contributed by atoms with Gasteiger partial charge in [-0.2, -0.15) is 5.26 Å². The highest BCUT2D eigenvalue weighted by Gasteiger charge is 2.15. The monoisotopic (exact) mass is 303 g/mol. The molecule has 0 saturated heterocycles. The molecular weight excluding hydrogens is 286 g/mol. The van der Waals surface area contributed by atoms with E-state index >= 15 is 0 Å². The molecule has 0 bridgehead atoms. The van der Waals surface area contributed by atoms with Crippen molar-refractivity contribution in [2.45, 2.75) is 32.7 Å². The molecule has 21 heavy (non-hydrogen) atoms. The molecule has 0 atom stereocenters. The number of nitrogen functional groups attached to an aromatic ring is 1. The molecule has 110 valence electrons. The summed E-state index contributed by atoms with van der Waals surface area (Å²) in [6, 6.07) is 10.9. The zero-order valence-electron chi connectivity index (χ0n) is 12.0. The Balaban J connectivity index is 2.29. The molecule has 2 rings (SSSR count). The number of ether oxygens (including phenoxy) is 1. The third-order valence-corrected chi connectivity index (χ3v) is 3.42. The Morgan fingerprint density at radius 3 is 2.81 bits per heavy atom. The van der Waals surface area contributed by atoms with Crippen LogP contribution in [0.1, 0.15) is 31.9 Å². The van der Waals surface area contributed by atoms with Crippen molar-refractivity contribution in [1.82, 2.24) is 4.57 Å². The quantitative estimate of drug-likeness (QED) is 0.794. The third-order valence-electron chi connectivity index (χ3n) is 3.19. The number of rotatable bonds is 6. The summed E-state index contributed by atoms with van der Waals surface area (Å²) in [6.07, 6.45) is 3.19. The molecule has 1 aromatic carbocycles. The highest BCUT2D eigenvalue weighted by Crippen LogP contribution is 2.32. The summed E-state index contributed by atoms with van der Waals surface area (Å²) in [7, 11) is 0. The summed E-state index contributed by atoms with van der Waals surface area (Å²) >= 11 is 5.96. The largest absolute Gasteiger partial charge is 0.439 e. The van der Waals surface area contributed by atoms with E-state index in [2.05, 4.69) is 13.0 Å². The van der Waals surface area contributed by atoms with Gasteiger partial charge in [-0.3, -0.25) is 0 Å². The molecule has 0 radical (unpaired) electrons. The van der Waals surface area contributed by atoms with Gasteiger partial charge in [-0.25, -0.2) is 0 Å². The second kappa shape index (κ2) is 7.05. The summed E-state index contributed by atoms with van der Waals surface area (Å²) < 4.78 is 7.66. The fourth-order valence-electron chi connectivity index (χ4n) is 2.14. The van der Waals surface area contributed by atoms with Crippen LogP contribution in [0.4, 0.5) is 5.69 Å². The Kier molecular flexibility index (Phi) is 5.13. The van der Waals surface area contributed by atoms with Gasteiger partial charge < -0.3 is 15.0 Å². The lowest BCUT2D eigenvalue weighted by Gasteiger charge is -2.12. The molecule has 1 aromatic heterocycles. The minimum absolute atomic E-state index is 0.461. The first-order valence-electron chi connectivity index (χ1n) is 6.98. The molecule has 1 heterocycles. The van der Waals surface area contributed by atoms with E-state index in [0.29, 0.717) is 34.6 Å². The Labute approximate surface area is 129 Å². The molecule has 2 N–H and O–H groups in total. The van der Waals surface area contributed by atoms with Crippen LogP contribution in [0.3, 0.4) is 0 Å². The number of nitrogens with two attached hydrogens (primary N) is 1. The maximum atomic E-state index is 9.22. The zero-order valence-corrected chi connectivity index (χ0v) is 12.7. The standard InChI is InChI=1S/C16H18ClN3O/c1-2-3-4-8-20-13(11-18)10-15(19)16(20)21-14-7-5-6-12(17)9-14/h5-7,9-10H,2-4,8,19H2,1H3. The number of aromatic nitrogens is 1. The fraction of sp³-hybridized carbons (Fsp3) is 0.312. The maximum absolute atomic E-state index is 9.22. The smallest absolute Gasteiger partial charge is 0.224 e. The minimum atomic E-state index is 0.461. The van der Waals surface area contributed by atoms with Crippen molar-refractivity contribution in [2.75, 3.05) is 5.73 Å².